The largest absolute Gasteiger partial charge is 0.207 e. The third-order valence-electron chi connectivity index (χ3n) is 1.68. The highest BCUT2D eigenvalue weighted by Crippen LogP contribution is 2.23. The van der Waals surface area contributed by atoms with Crippen LogP contribution in [0.1, 0.15) is 26.3 Å². The van der Waals surface area contributed by atoms with E-state index in [2.05, 4.69) is 0 Å². The lowest BCUT2D eigenvalue weighted by Crippen LogP contribution is -2.12. The number of hydrogen-bond acceptors (Lipinski definition) is 0. The minimum atomic E-state index is -0.111. The van der Waals surface area contributed by atoms with Gasteiger partial charge in [-0.15, -0.1) is 0 Å². The lowest BCUT2D eigenvalue weighted by molar-refractivity contribution is 0.523. The van der Waals surface area contributed by atoms with Crippen molar-refractivity contribution in [2.75, 3.05) is 0 Å². The van der Waals surface area contributed by atoms with Crippen LogP contribution in [0, 0.1) is 5.82 Å². The number of hydrogen-bond donors (Lipinski definition) is 0. The van der Waals surface area contributed by atoms with Gasteiger partial charge in [-0.05, 0) is 17.0 Å². The fraction of sp³-hybridized carbons (Fsp3) is 0.400. The second kappa shape index (κ2) is 2.65. The van der Waals surface area contributed by atoms with Gasteiger partial charge in [0.1, 0.15) is 5.82 Å². The summed E-state index contributed by atoms with van der Waals surface area (Å²) >= 11 is 0. The summed E-state index contributed by atoms with van der Waals surface area (Å²) in [5.41, 5.74) is 0.686. The number of rotatable bonds is 0. The monoisotopic (exact) mass is 152 g/mol. The molecule has 0 aliphatic heterocycles. The first kappa shape index (κ1) is 8.25. The molecule has 1 aromatic rings. The van der Waals surface area contributed by atoms with Crippen LogP contribution in [-0.2, 0) is 5.41 Å². The normalized spacial score (nSPS) is 11.6. The molecule has 11 heavy (non-hydrogen) atoms. The molecule has 0 heterocycles. The van der Waals surface area contributed by atoms with Gasteiger partial charge in [0.25, 0.3) is 0 Å². The van der Waals surface area contributed by atoms with E-state index in [-0.39, 0.29) is 11.2 Å². The van der Waals surface area contributed by atoms with Crippen molar-refractivity contribution in [3.05, 3.63) is 35.6 Å². The first-order valence-corrected chi connectivity index (χ1v) is 3.77. The SMILES string of the molecule is CC(C)(C)c1ccccc1F. The predicted molar refractivity (Wildman–Crippen MR) is 45.1 cm³/mol. The van der Waals surface area contributed by atoms with Crippen LogP contribution in [0.15, 0.2) is 24.3 Å². The number of benzene rings is 1. The Hall–Kier alpha value is -0.850. The Bertz CT molecular complexity index is 245. The van der Waals surface area contributed by atoms with Crippen molar-refractivity contribution >= 4 is 0 Å². The Balaban J connectivity index is 3.14. The first-order chi connectivity index (χ1) is 5.02. The van der Waals surface area contributed by atoms with E-state index in [0.717, 1.165) is 5.56 Å². The van der Waals surface area contributed by atoms with Crippen LogP contribution in [0.3, 0.4) is 0 Å². The molecule has 0 bridgehead atoms. The molecule has 60 valence electrons. The Morgan fingerprint density at radius 1 is 1.09 bits per heavy atom. The lowest BCUT2D eigenvalue weighted by Gasteiger charge is -2.19. The van der Waals surface area contributed by atoms with Gasteiger partial charge in [-0.1, -0.05) is 39.0 Å². The second-order valence-corrected chi connectivity index (χ2v) is 3.73. The van der Waals surface area contributed by atoms with Crippen LogP contribution < -0.4 is 0 Å². The topological polar surface area (TPSA) is 0 Å². The third kappa shape index (κ3) is 1.79. The summed E-state index contributed by atoms with van der Waals surface area (Å²) in [4.78, 5) is 0. The highest BCUT2D eigenvalue weighted by atomic mass is 19.1. The minimum Gasteiger partial charge on any atom is -0.207 e. The standard InChI is InChI=1S/C10H13F/c1-10(2,3)8-6-4-5-7-9(8)11/h4-7H,1-3H3. The Kier molecular flexibility index (Phi) is 1.99. The minimum absolute atomic E-state index is 0.0919. The van der Waals surface area contributed by atoms with Crippen molar-refractivity contribution in [3.63, 3.8) is 0 Å². The van der Waals surface area contributed by atoms with E-state index in [1.54, 1.807) is 6.07 Å². The Labute approximate surface area is 67.1 Å². The molecular formula is C10H13F. The van der Waals surface area contributed by atoms with E-state index in [4.69, 9.17) is 0 Å². The molecule has 1 rings (SSSR count). The molecule has 0 nitrogen and oxygen atoms in total. The third-order valence-corrected chi connectivity index (χ3v) is 1.68. The van der Waals surface area contributed by atoms with E-state index >= 15 is 0 Å². The highest BCUT2D eigenvalue weighted by molar-refractivity contribution is 5.24. The summed E-state index contributed by atoms with van der Waals surface area (Å²) in [6, 6.07) is 6.91. The molecule has 0 saturated heterocycles. The summed E-state index contributed by atoms with van der Waals surface area (Å²) in [5.74, 6) is -0.111. The maximum Gasteiger partial charge on any atom is 0.126 e. The zero-order chi connectivity index (χ0) is 8.48. The molecule has 0 aromatic heterocycles. The van der Waals surface area contributed by atoms with Gasteiger partial charge in [0.15, 0.2) is 0 Å². The predicted octanol–water partition coefficient (Wildman–Crippen LogP) is 3.12. The van der Waals surface area contributed by atoms with Crippen LogP contribution in [0.4, 0.5) is 4.39 Å². The van der Waals surface area contributed by atoms with E-state index in [1.165, 1.54) is 6.07 Å². The van der Waals surface area contributed by atoms with Gasteiger partial charge in [0.2, 0.25) is 0 Å². The van der Waals surface area contributed by atoms with E-state index in [1.807, 2.05) is 32.9 Å². The quantitative estimate of drug-likeness (QED) is 0.535. The first-order valence-electron chi connectivity index (χ1n) is 3.77. The molecule has 1 heteroatoms. The molecule has 0 fully saturated rings. The van der Waals surface area contributed by atoms with E-state index in [0.29, 0.717) is 0 Å². The molecule has 0 atom stereocenters. The average Bonchev–Trinajstić information content (AvgIpc) is 1.86. The molecule has 1 aromatic carbocycles. The summed E-state index contributed by atoms with van der Waals surface area (Å²) in [6.45, 7) is 6.02. The van der Waals surface area contributed by atoms with Crippen LogP contribution in [-0.4, -0.2) is 0 Å². The zero-order valence-corrected chi connectivity index (χ0v) is 7.19. The van der Waals surface area contributed by atoms with Gasteiger partial charge >= 0.3 is 0 Å². The smallest absolute Gasteiger partial charge is 0.126 e. The molecule has 0 radical (unpaired) electrons. The van der Waals surface area contributed by atoms with Crippen molar-refractivity contribution in [1.82, 2.24) is 0 Å². The van der Waals surface area contributed by atoms with Gasteiger partial charge in [-0.2, -0.15) is 0 Å². The summed E-state index contributed by atoms with van der Waals surface area (Å²) < 4.78 is 13.1. The van der Waals surface area contributed by atoms with Gasteiger partial charge in [-0.3, -0.25) is 0 Å². The van der Waals surface area contributed by atoms with Gasteiger partial charge in [-0.25, -0.2) is 4.39 Å². The summed E-state index contributed by atoms with van der Waals surface area (Å²) in [7, 11) is 0. The van der Waals surface area contributed by atoms with Gasteiger partial charge < -0.3 is 0 Å². The summed E-state index contributed by atoms with van der Waals surface area (Å²) in [5, 5.41) is 0. The van der Waals surface area contributed by atoms with Crippen molar-refractivity contribution in [1.29, 1.82) is 0 Å². The molecule has 0 saturated carbocycles. The molecular weight excluding hydrogens is 139 g/mol. The molecule has 0 unspecified atom stereocenters. The van der Waals surface area contributed by atoms with E-state index < -0.39 is 0 Å². The highest BCUT2D eigenvalue weighted by Gasteiger charge is 2.16. The Morgan fingerprint density at radius 2 is 1.64 bits per heavy atom. The molecule has 0 aliphatic carbocycles. The van der Waals surface area contributed by atoms with E-state index in [9.17, 15) is 4.39 Å². The van der Waals surface area contributed by atoms with Gasteiger partial charge in [0, 0.05) is 0 Å². The molecule has 0 N–H and O–H groups in total. The van der Waals surface area contributed by atoms with Crippen molar-refractivity contribution in [2.24, 2.45) is 0 Å². The fourth-order valence-electron chi connectivity index (χ4n) is 1.07. The van der Waals surface area contributed by atoms with Crippen molar-refractivity contribution in [2.45, 2.75) is 26.2 Å². The van der Waals surface area contributed by atoms with Gasteiger partial charge in [0.05, 0.1) is 0 Å². The van der Waals surface area contributed by atoms with Crippen LogP contribution in [0.5, 0.6) is 0 Å². The van der Waals surface area contributed by atoms with Crippen LogP contribution >= 0.6 is 0 Å². The fourth-order valence-corrected chi connectivity index (χ4v) is 1.07. The number of halogens is 1. The summed E-state index contributed by atoms with van der Waals surface area (Å²) in [6.07, 6.45) is 0. The average molecular weight is 152 g/mol. The second-order valence-electron chi connectivity index (χ2n) is 3.73. The lowest BCUT2D eigenvalue weighted by atomic mass is 9.87. The maximum atomic E-state index is 13.1. The van der Waals surface area contributed by atoms with Crippen molar-refractivity contribution < 1.29 is 4.39 Å². The maximum absolute atomic E-state index is 13.1. The molecule has 0 aliphatic rings. The van der Waals surface area contributed by atoms with Crippen LogP contribution in [0.25, 0.3) is 0 Å². The molecule has 0 amide bonds. The molecule has 0 spiro atoms. The Morgan fingerprint density at radius 3 is 2.00 bits per heavy atom. The van der Waals surface area contributed by atoms with Crippen LogP contribution in [0.2, 0.25) is 0 Å². The zero-order valence-electron chi connectivity index (χ0n) is 7.19. The van der Waals surface area contributed by atoms with Crippen molar-refractivity contribution in [3.8, 4) is 0 Å².